The fraction of sp³-hybridized carbons (Fsp3) is 0.0370. The van der Waals surface area contributed by atoms with E-state index in [0.29, 0.717) is 0 Å². The maximum absolute atomic E-state index is 6.07. The van der Waals surface area contributed by atoms with E-state index < -0.39 is 0 Å². The SMILES string of the molecule is C(=C\c1ccc(C(c2ccccc2)c2ccc(OCOc3ccc(N(c4ccccc4)c4ccc(/C=C/c5ccccc5)cc4)cc3)cc2)cc1)/c1ccccc1. The summed E-state index contributed by atoms with van der Waals surface area (Å²) in [6, 6.07) is 75.7. The van der Waals surface area contributed by atoms with E-state index in [0.717, 1.165) is 34.1 Å². The second kappa shape index (κ2) is 18.3. The Balaban J connectivity index is 0.917. The molecule has 0 aliphatic heterocycles. The molecule has 3 heteroatoms. The van der Waals surface area contributed by atoms with Gasteiger partial charge in [0.2, 0.25) is 6.79 Å². The highest BCUT2D eigenvalue weighted by Crippen LogP contribution is 2.36. The monoisotopic (exact) mass is 737 g/mol. The predicted octanol–water partition coefficient (Wildman–Crippen LogP) is 14.1. The van der Waals surface area contributed by atoms with E-state index >= 15 is 0 Å². The molecule has 0 bridgehead atoms. The van der Waals surface area contributed by atoms with E-state index in [-0.39, 0.29) is 12.7 Å². The lowest BCUT2D eigenvalue weighted by atomic mass is 9.85. The third-order valence-corrected chi connectivity index (χ3v) is 9.86. The molecule has 0 spiro atoms. The standard InChI is InChI=1S/C54H43NO2/c1-5-13-42(14-6-1)21-23-44-25-29-47(30-26-44)54(46-17-9-3-10-18-46)48-31-37-52(38-32-48)56-41-57-53-39-35-51(36-40-53)55(49-19-11-4-12-20-49)50-33-27-45(28-34-50)24-22-43-15-7-2-8-16-43/h1-40,54H,41H2/b23-21+,24-22+. The average Bonchev–Trinajstić information content (AvgIpc) is 3.28. The van der Waals surface area contributed by atoms with Gasteiger partial charge in [0.1, 0.15) is 11.5 Å². The van der Waals surface area contributed by atoms with Crippen molar-refractivity contribution in [1.82, 2.24) is 0 Å². The Labute approximate surface area is 336 Å². The van der Waals surface area contributed by atoms with Crippen LogP contribution in [0.15, 0.2) is 218 Å². The summed E-state index contributed by atoms with van der Waals surface area (Å²) in [7, 11) is 0. The molecule has 0 aromatic heterocycles. The van der Waals surface area contributed by atoms with E-state index in [1.54, 1.807) is 0 Å². The zero-order valence-electron chi connectivity index (χ0n) is 31.6. The van der Waals surface area contributed by atoms with Gasteiger partial charge in [-0.15, -0.1) is 0 Å². The zero-order valence-corrected chi connectivity index (χ0v) is 31.6. The first-order valence-electron chi connectivity index (χ1n) is 19.3. The van der Waals surface area contributed by atoms with Gasteiger partial charge in [-0.25, -0.2) is 0 Å². The molecule has 0 saturated heterocycles. The van der Waals surface area contributed by atoms with Crippen molar-refractivity contribution in [3.63, 3.8) is 0 Å². The Bertz CT molecular complexity index is 2300. The third-order valence-electron chi connectivity index (χ3n) is 9.86. The number of hydrogen-bond acceptors (Lipinski definition) is 3. The molecule has 276 valence electrons. The van der Waals surface area contributed by atoms with Gasteiger partial charge in [0.05, 0.1) is 0 Å². The predicted molar refractivity (Wildman–Crippen MR) is 238 cm³/mol. The Morgan fingerprint density at radius 3 is 1.11 bits per heavy atom. The van der Waals surface area contributed by atoms with Gasteiger partial charge in [-0.05, 0) is 99.6 Å². The number of benzene rings is 8. The van der Waals surface area contributed by atoms with Crippen LogP contribution in [0.3, 0.4) is 0 Å². The summed E-state index contributed by atoms with van der Waals surface area (Å²) in [6.07, 6.45) is 8.58. The third kappa shape index (κ3) is 9.66. The van der Waals surface area contributed by atoms with Crippen LogP contribution in [-0.2, 0) is 0 Å². The summed E-state index contributed by atoms with van der Waals surface area (Å²) < 4.78 is 12.1. The molecule has 0 heterocycles. The first-order valence-corrected chi connectivity index (χ1v) is 19.3. The Morgan fingerprint density at radius 2 is 0.632 bits per heavy atom. The number of nitrogens with zero attached hydrogens (tertiary/aromatic N) is 1. The van der Waals surface area contributed by atoms with E-state index in [2.05, 4.69) is 205 Å². The van der Waals surface area contributed by atoms with Crippen LogP contribution in [0.5, 0.6) is 11.5 Å². The molecule has 0 saturated carbocycles. The molecule has 0 N–H and O–H groups in total. The average molecular weight is 738 g/mol. The molecule has 0 radical (unpaired) electrons. The van der Waals surface area contributed by atoms with Crippen LogP contribution in [-0.4, -0.2) is 6.79 Å². The number of anilines is 3. The van der Waals surface area contributed by atoms with Gasteiger partial charge in [0, 0.05) is 23.0 Å². The van der Waals surface area contributed by atoms with E-state index in [1.165, 1.54) is 33.4 Å². The van der Waals surface area contributed by atoms with E-state index in [9.17, 15) is 0 Å². The fourth-order valence-corrected chi connectivity index (χ4v) is 6.91. The van der Waals surface area contributed by atoms with Gasteiger partial charge in [0.15, 0.2) is 0 Å². The molecule has 8 rings (SSSR count). The van der Waals surface area contributed by atoms with E-state index in [1.807, 2.05) is 42.5 Å². The highest BCUT2D eigenvalue weighted by Gasteiger charge is 2.17. The zero-order chi connectivity index (χ0) is 38.5. The van der Waals surface area contributed by atoms with Gasteiger partial charge in [-0.2, -0.15) is 0 Å². The molecule has 1 unspecified atom stereocenters. The van der Waals surface area contributed by atoms with E-state index in [4.69, 9.17) is 9.47 Å². The molecule has 0 aliphatic rings. The molecule has 3 nitrogen and oxygen atoms in total. The van der Waals surface area contributed by atoms with Crippen molar-refractivity contribution in [3.8, 4) is 11.5 Å². The summed E-state index contributed by atoms with van der Waals surface area (Å²) in [5, 5.41) is 0. The lowest BCUT2D eigenvalue weighted by Gasteiger charge is -2.25. The summed E-state index contributed by atoms with van der Waals surface area (Å²) in [6.45, 7) is 0.0964. The molecule has 1 atom stereocenters. The van der Waals surface area contributed by atoms with Crippen molar-refractivity contribution in [3.05, 3.63) is 257 Å². The Hall–Kier alpha value is -7.36. The molecule has 8 aromatic carbocycles. The molecule has 8 aromatic rings. The molecule has 0 amide bonds. The molecule has 0 fully saturated rings. The minimum Gasteiger partial charge on any atom is -0.458 e. The van der Waals surface area contributed by atoms with Crippen molar-refractivity contribution < 1.29 is 9.47 Å². The number of para-hydroxylation sites is 1. The van der Waals surface area contributed by atoms with Crippen LogP contribution in [0.2, 0.25) is 0 Å². The van der Waals surface area contributed by atoms with Crippen LogP contribution in [0.25, 0.3) is 24.3 Å². The summed E-state index contributed by atoms with van der Waals surface area (Å²) >= 11 is 0. The molecule has 57 heavy (non-hydrogen) atoms. The van der Waals surface area contributed by atoms with Gasteiger partial charge in [0.25, 0.3) is 0 Å². The van der Waals surface area contributed by atoms with Crippen molar-refractivity contribution in [2.24, 2.45) is 0 Å². The highest BCUT2D eigenvalue weighted by atomic mass is 16.7. The summed E-state index contributed by atoms with van der Waals surface area (Å²) in [4.78, 5) is 2.24. The summed E-state index contributed by atoms with van der Waals surface area (Å²) in [5.74, 6) is 1.57. The second-order valence-electron chi connectivity index (χ2n) is 13.7. The van der Waals surface area contributed by atoms with Crippen LogP contribution >= 0.6 is 0 Å². The Morgan fingerprint density at radius 1 is 0.316 bits per heavy atom. The quantitative estimate of drug-likeness (QED) is 0.0630. The van der Waals surface area contributed by atoms with Crippen molar-refractivity contribution in [2.45, 2.75) is 5.92 Å². The first kappa shape index (κ1) is 36.6. The van der Waals surface area contributed by atoms with Gasteiger partial charge in [-0.3, -0.25) is 0 Å². The van der Waals surface area contributed by atoms with Crippen LogP contribution < -0.4 is 14.4 Å². The minimum absolute atomic E-state index is 0.0898. The smallest absolute Gasteiger partial charge is 0.230 e. The molecular weight excluding hydrogens is 695 g/mol. The lowest BCUT2D eigenvalue weighted by Crippen LogP contribution is -2.10. The Kier molecular flexibility index (Phi) is 11.8. The van der Waals surface area contributed by atoms with Crippen molar-refractivity contribution in [1.29, 1.82) is 0 Å². The van der Waals surface area contributed by atoms with Crippen LogP contribution in [0, 0.1) is 0 Å². The fourth-order valence-electron chi connectivity index (χ4n) is 6.91. The highest BCUT2D eigenvalue weighted by molar-refractivity contribution is 5.78. The normalized spacial score (nSPS) is 11.7. The lowest BCUT2D eigenvalue weighted by molar-refractivity contribution is 0.120. The molecular formula is C54H43NO2. The topological polar surface area (TPSA) is 21.7 Å². The summed E-state index contributed by atoms with van der Waals surface area (Å²) in [5.41, 5.74) is 11.5. The minimum atomic E-state index is 0.0898. The van der Waals surface area contributed by atoms with Crippen LogP contribution in [0.1, 0.15) is 44.9 Å². The maximum Gasteiger partial charge on any atom is 0.230 e. The van der Waals surface area contributed by atoms with Gasteiger partial charge in [-0.1, -0.05) is 182 Å². The second-order valence-corrected chi connectivity index (χ2v) is 13.7. The van der Waals surface area contributed by atoms with Crippen molar-refractivity contribution in [2.75, 3.05) is 11.7 Å². The number of hydrogen-bond donors (Lipinski definition) is 0. The first-order chi connectivity index (χ1) is 28.2. The largest absolute Gasteiger partial charge is 0.458 e. The molecule has 0 aliphatic carbocycles. The van der Waals surface area contributed by atoms with Gasteiger partial charge < -0.3 is 14.4 Å². The van der Waals surface area contributed by atoms with Gasteiger partial charge >= 0.3 is 0 Å². The number of ether oxygens (including phenoxy) is 2. The van der Waals surface area contributed by atoms with Crippen molar-refractivity contribution >= 4 is 41.4 Å². The number of rotatable bonds is 14. The maximum atomic E-state index is 6.07. The van der Waals surface area contributed by atoms with Crippen LogP contribution in [0.4, 0.5) is 17.1 Å².